The van der Waals surface area contributed by atoms with Gasteiger partial charge in [0.25, 0.3) is 11.8 Å². The lowest BCUT2D eigenvalue weighted by molar-refractivity contribution is -0.124. The van der Waals surface area contributed by atoms with Crippen LogP contribution in [0.4, 0.5) is 11.4 Å². The van der Waals surface area contributed by atoms with Crippen LogP contribution in [0.15, 0.2) is 42.5 Å². The van der Waals surface area contributed by atoms with Crippen LogP contribution in [0.5, 0.6) is 11.5 Å². The molecular weight excluding hydrogens is 348 g/mol. The number of carbonyl (C=O) groups is 2. The molecule has 2 N–H and O–H groups in total. The third-order valence-corrected chi connectivity index (χ3v) is 4.29. The summed E-state index contributed by atoms with van der Waals surface area (Å²) in [5, 5.41) is 5.62. The van der Waals surface area contributed by atoms with E-state index in [-0.39, 0.29) is 11.8 Å². The Morgan fingerprint density at radius 1 is 1.00 bits per heavy atom. The molecule has 7 nitrogen and oxygen atoms in total. The van der Waals surface area contributed by atoms with Crippen LogP contribution in [0.3, 0.4) is 0 Å². The number of anilines is 2. The summed E-state index contributed by atoms with van der Waals surface area (Å²) >= 11 is 0. The Labute approximate surface area is 157 Å². The van der Waals surface area contributed by atoms with E-state index >= 15 is 0 Å². The maximum absolute atomic E-state index is 12.4. The number of rotatable bonds is 6. The van der Waals surface area contributed by atoms with Gasteiger partial charge >= 0.3 is 0 Å². The Bertz CT molecular complexity index is 817. The molecule has 7 heteroatoms. The summed E-state index contributed by atoms with van der Waals surface area (Å²) in [5.74, 6) is 0.314. The van der Waals surface area contributed by atoms with Crippen LogP contribution in [0.2, 0.25) is 0 Å². The molecule has 3 rings (SSSR count). The van der Waals surface area contributed by atoms with Gasteiger partial charge in [-0.25, -0.2) is 0 Å². The molecule has 0 spiro atoms. The second-order valence-electron chi connectivity index (χ2n) is 6.06. The van der Waals surface area contributed by atoms with Gasteiger partial charge in [0, 0.05) is 24.3 Å². The summed E-state index contributed by atoms with van der Waals surface area (Å²) in [6, 6.07) is 12.1. The SMILES string of the molecule is COc1cc(NC(=O)[C@H]2CCCO2)c(OC)cc1NC(=O)c1ccccc1. The van der Waals surface area contributed by atoms with E-state index in [9.17, 15) is 9.59 Å². The van der Waals surface area contributed by atoms with Crippen molar-refractivity contribution in [2.24, 2.45) is 0 Å². The molecule has 2 aromatic rings. The predicted octanol–water partition coefficient (Wildman–Crippen LogP) is 3.07. The van der Waals surface area contributed by atoms with Gasteiger partial charge in [-0.2, -0.15) is 0 Å². The second kappa shape index (κ2) is 8.55. The van der Waals surface area contributed by atoms with Crippen LogP contribution >= 0.6 is 0 Å². The van der Waals surface area contributed by atoms with Crippen LogP contribution in [0, 0.1) is 0 Å². The molecule has 2 amide bonds. The summed E-state index contributed by atoms with van der Waals surface area (Å²) in [7, 11) is 2.98. The number of ether oxygens (including phenoxy) is 3. The monoisotopic (exact) mass is 370 g/mol. The number of nitrogens with one attached hydrogen (secondary N) is 2. The van der Waals surface area contributed by atoms with Crippen molar-refractivity contribution in [3.63, 3.8) is 0 Å². The van der Waals surface area contributed by atoms with Gasteiger partial charge in [0.1, 0.15) is 17.6 Å². The fourth-order valence-electron chi connectivity index (χ4n) is 2.87. The normalized spacial score (nSPS) is 15.9. The van der Waals surface area contributed by atoms with Crippen molar-refractivity contribution in [2.45, 2.75) is 18.9 Å². The number of hydrogen-bond acceptors (Lipinski definition) is 5. The van der Waals surface area contributed by atoms with E-state index < -0.39 is 6.10 Å². The first-order chi connectivity index (χ1) is 13.1. The summed E-state index contributed by atoms with van der Waals surface area (Å²) in [6.07, 6.45) is 1.10. The Kier molecular flexibility index (Phi) is 5.93. The molecule has 0 aromatic heterocycles. The lowest BCUT2D eigenvalue weighted by Gasteiger charge is -2.17. The molecule has 1 atom stereocenters. The smallest absolute Gasteiger partial charge is 0.255 e. The van der Waals surface area contributed by atoms with Crippen molar-refractivity contribution in [3.05, 3.63) is 48.0 Å². The highest BCUT2D eigenvalue weighted by Crippen LogP contribution is 2.37. The Morgan fingerprint density at radius 2 is 1.63 bits per heavy atom. The number of carbonyl (C=O) groups excluding carboxylic acids is 2. The first kappa shape index (κ1) is 18.7. The van der Waals surface area contributed by atoms with E-state index in [0.29, 0.717) is 41.5 Å². The molecule has 0 radical (unpaired) electrons. The number of hydrogen-bond donors (Lipinski definition) is 2. The molecular formula is C20H22N2O5. The minimum atomic E-state index is -0.460. The Balaban J connectivity index is 1.83. The van der Waals surface area contributed by atoms with E-state index in [4.69, 9.17) is 14.2 Å². The third kappa shape index (κ3) is 4.38. The molecule has 0 unspecified atom stereocenters. The quantitative estimate of drug-likeness (QED) is 0.816. The van der Waals surface area contributed by atoms with Gasteiger partial charge in [0.05, 0.1) is 25.6 Å². The summed E-state index contributed by atoms with van der Waals surface area (Å²) in [4.78, 5) is 24.8. The molecule has 0 bridgehead atoms. The highest BCUT2D eigenvalue weighted by molar-refractivity contribution is 6.05. The van der Waals surface area contributed by atoms with E-state index in [0.717, 1.165) is 6.42 Å². The highest BCUT2D eigenvalue weighted by atomic mass is 16.5. The zero-order valence-electron chi connectivity index (χ0n) is 15.3. The van der Waals surface area contributed by atoms with Crippen LogP contribution in [0.25, 0.3) is 0 Å². The zero-order chi connectivity index (χ0) is 19.2. The minimum Gasteiger partial charge on any atom is -0.494 e. The first-order valence-electron chi connectivity index (χ1n) is 8.67. The number of amides is 2. The standard InChI is InChI=1S/C20H22N2O5/c1-25-17-12-15(22-20(24)16-9-6-10-27-16)18(26-2)11-14(17)21-19(23)13-7-4-3-5-8-13/h3-5,7-8,11-12,16H,6,9-10H2,1-2H3,(H,21,23)(H,22,24)/t16-/m1/s1. The average Bonchev–Trinajstić information content (AvgIpc) is 3.24. The molecule has 142 valence electrons. The Morgan fingerprint density at radius 3 is 2.19 bits per heavy atom. The lowest BCUT2D eigenvalue weighted by atomic mass is 10.1. The van der Waals surface area contributed by atoms with Crippen molar-refractivity contribution < 1.29 is 23.8 Å². The fourth-order valence-corrected chi connectivity index (χ4v) is 2.87. The van der Waals surface area contributed by atoms with Crippen molar-refractivity contribution >= 4 is 23.2 Å². The van der Waals surface area contributed by atoms with Gasteiger partial charge in [-0.05, 0) is 25.0 Å². The second-order valence-corrected chi connectivity index (χ2v) is 6.06. The van der Waals surface area contributed by atoms with Crippen molar-refractivity contribution in [1.29, 1.82) is 0 Å². The highest BCUT2D eigenvalue weighted by Gasteiger charge is 2.25. The first-order valence-corrected chi connectivity index (χ1v) is 8.67. The van der Waals surface area contributed by atoms with E-state index in [2.05, 4.69) is 10.6 Å². The van der Waals surface area contributed by atoms with Crippen LogP contribution in [0.1, 0.15) is 23.2 Å². The van der Waals surface area contributed by atoms with Crippen molar-refractivity contribution in [1.82, 2.24) is 0 Å². The van der Waals surface area contributed by atoms with Gasteiger partial charge in [-0.1, -0.05) is 18.2 Å². The largest absolute Gasteiger partial charge is 0.494 e. The summed E-state index contributed by atoms with van der Waals surface area (Å²) in [6.45, 7) is 0.586. The fraction of sp³-hybridized carbons (Fsp3) is 0.300. The summed E-state index contributed by atoms with van der Waals surface area (Å²) < 4.78 is 16.2. The number of benzene rings is 2. The van der Waals surface area contributed by atoms with E-state index in [1.54, 1.807) is 36.4 Å². The molecule has 1 saturated heterocycles. The van der Waals surface area contributed by atoms with Crippen LogP contribution < -0.4 is 20.1 Å². The topological polar surface area (TPSA) is 85.9 Å². The van der Waals surface area contributed by atoms with Crippen LogP contribution in [-0.2, 0) is 9.53 Å². The molecule has 0 aliphatic carbocycles. The van der Waals surface area contributed by atoms with Gasteiger partial charge in [0.15, 0.2) is 0 Å². The molecule has 1 fully saturated rings. The van der Waals surface area contributed by atoms with E-state index in [1.807, 2.05) is 6.07 Å². The van der Waals surface area contributed by atoms with Gasteiger partial charge in [0.2, 0.25) is 0 Å². The van der Waals surface area contributed by atoms with Crippen molar-refractivity contribution in [2.75, 3.05) is 31.5 Å². The molecule has 27 heavy (non-hydrogen) atoms. The van der Waals surface area contributed by atoms with Gasteiger partial charge in [-0.15, -0.1) is 0 Å². The molecule has 2 aromatic carbocycles. The van der Waals surface area contributed by atoms with E-state index in [1.165, 1.54) is 14.2 Å². The average molecular weight is 370 g/mol. The van der Waals surface area contributed by atoms with Gasteiger partial charge < -0.3 is 24.8 Å². The maximum Gasteiger partial charge on any atom is 0.255 e. The molecule has 1 aliphatic heterocycles. The Hall–Kier alpha value is -3.06. The molecule has 1 heterocycles. The molecule has 0 saturated carbocycles. The van der Waals surface area contributed by atoms with Crippen molar-refractivity contribution in [3.8, 4) is 11.5 Å². The third-order valence-electron chi connectivity index (χ3n) is 4.29. The zero-order valence-corrected chi connectivity index (χ0v) is 15.3. The lowest BCUT2D eigenvalue weighted by Crippen LogP contribution is -2.27. The minimum absolute atomic E-state index is 0.228. The van der Waals surface area contributed by atoms with Crippen LogP contribution in [-0.4, -0.2) is 38.7 Å². The van der Waals surface area contributed by atoms with Gasteiger partial charge in [-0.3, -0.25) is 9.59 Å². The molecule has 1 aliphatic rings. The summed E-state index contributed by atoms with van der Waals surface area (Å²) in [5.41, 5.74) is 1.42. The number of methoxy groups -OCH3 is 2. The predicted molar refractivity (Wildman–Crippen MR) is 102 cm³/mol. The maximum atomic E-state index is 12.4.